The van der Waals surface area contributed by atoms with Crippen LogP contribution in [0.3, 0.4) is 0 Å². The van der Waals surface area contributed by atoms with E-state index in [0.717, 1.165) is 50.3 Å². The summed E-state index contributed by atoms with van der Waals surface area (Å²) in [6, 6.07) is 9.30. The summed E-state index contributed by atoms with van der Waals surface area (Å²) in [7, 11) is 0. The molecular weight excluding hydrogens is 551 g/mol. The molecule has 2 aliphatic heterocycles. The van der Waals surface area contributed by atoms with Crippen molar-refractivity contribution in [3.05, 3.63) is 80.8 Å². The standard InChI is InChI=1S/C27H29Cl3N4O4/c1-19-10-20(13-32-6-8-33(18-35)9-7-32)11-25(30)26(19)36-14-22-15-37-27(38-22,16-34-5-4-31-17-34)23-3-2-21(28)12-24(23)29/h2-5,10-12,17-18,22H,6-9,13-16H2,1H3/t22-,27-/m1/s1. The van der Waals surface area contributed by atoms with Crippen molar-refractivity contribution in [1.82, 2.24) is 19.4 Å². The number of nitrogens with zero attached hydrogens (tertiary/aromatic N) is 4. The molecule has 0 N–H and O–H groups in total. The zero-order valence-electron chi connectivity index (χ0n) is 21.0. The Hall–Kier alpha value is -2.33. The molecule has 8 nitrogen and oxygen atoms in total. The smallest absolute Gasteiger partial charge is 0.215 e. The van der Waals surface area contributed by atoms with Crippen molar-refractivity contribution in [2.24, 2.45) is 0 Å². The van der Waals surface area contributed by atoms with Gasteiger partial charge in [0, 0.05) is 55.7 Å². The molecule has 3 heterocycles. The monoisotopic (exact) mass is 578 g/mol. The second-order valence-corrected chi connectivity index (χ2v) is 10.9. The van der Waals surface area contributed by atoms with E-state index in [9.17, 15) is 4.79 Å². The van der Waals surface area contributed by atoms with E-state index in [-0.39, 0.29) is 12.7 Å². The van der Waals surface area contributed by atoms with Crippen molar-refractivity contribution >= 4 is 41.2 Å². The molecule has 2 fully saturated rings. The van der Waals surface area contributed by atoms with Gasteiger partial charge >= 0.3 is 0 Å². The highest BCUT2D eigenvalue weighted by Gasteiger charge is 2.45. The summed E-state index contributed by atoms with van der Waals surface area (Å²) in [4.78, 5) is 19.2. The van der Waals surface area contributed by atoms with Gasteiger partial charge in [-0.05, 0) is 36.2 Å². The third-order valence-electron chi connectivity index (χ3n) is 6.82. The Bertz CT molecular complexity index is 1240. The maximum absolute atomic E-state index is 11.0. The fourth-order valence-electron chi connectivity index (χ4n) is 4.91. The molecule has 0 bridgehead atoms. The quantitative estimate of drug-likeness (QED) is 0.340. The molecule has 1 aromatic heterocycles. The average Bonchev–Trinajstić information content (AvgIpc) is 3.55. The maximum Gasteiger partial charge on any atom is 0.215 e. The van der Waals surface area contributed by atoms with Crippen LogP contribution in [0.25, 0.3) is 0 Å². The zero-order valence-corrected chi connectivity index (χ0v) is 23.3. The Labute approximate surface area is 236 Å². The Morgan fingerprint density at radius 2 is 1.95 bits per heavy atom. The van der Waals surface area contributed by atoms with Crippen LogP contribution in [0.1, 0.15) is 16.7 Å². The van der Waals surface area contributed by atoms with E-state index in [2.05, 4.69) is 16.0 Å². The molecule has 0 aliphatic carbocycles. The van der Waals surface area contributed by atoms with Crippen molar-refractivity contribution in [2.45, 2.75) is 31.9 Å². The van der Waals surface area contributed by atoms with Crippen molar-refractivity contribution in [3.63, 3.8) is 0 Å². The van der Waals surface area contributed by atoms with Gasteiger partial charge < -0.3 is 23.7 Å². The number of carbonyl (C=O) groups is 1. The summed E-state index contributed by atoms with van der Waals surface area (Å²) in [5.74, 6) is -0.492. The number of benzene rings is 2. The fourth-order valence-corrected chi connectivity index (χ4v) is 5.81. The minimum absolute atomic E-state index is 0.254. The highest BCUT2D eigenvalue weighted by Crippen LogP contribution is 2.41. The van der Waals surface area contributed by atoms with Crippen LogP contribution in [-0.2, 0) is 33.1 Å². The molecular formula is C27H29Cl3N4O4. The number of halogens is 3. The third-order valence-corrected chi connectivity index (χ3v) is 7.64. The van der Waals surface area contributed by atoms with E-state index in [1.807, 2.05) is 29.8 Å². The molecule has 1 amide bonds. The van der Waals surface area contributed by atoms with Crippen LogP contribution in [0, 0.1) is 6.92 Å². The number of piperazine rings is 1. The molecule has 0 saturated carbocycles. The molecule has 0 radical (unpaired) electrons. The zero-order chi connectivity index (χ0) is 26.7. The summed E-state index contributed by atoms with van der Waals surface area (Å²) in [6.07, 6.45) is 5.81. The molecule has 5 rings (SSSR count). The predicted molar refractivity (Wildman–Crippen MR) is 146 cm³/mol. The summed E-state index contributed by atoms with van der Waals surface area (Å²) in [5, 5.41) is 1.54. The number of amides is 1. The summed E-state index contributed by atoms with van der Waals surface area (Å²) in [5.41, 5.74) is 2.74. The lowest BCUT2D eigenvalue weighted by Crippen LogP contribution is -2.45. The minimum atomic E-state index is -1.12. The lowest BCUT2D eigenvalue weighted by molar-refractivity contribution is -0.189. The van der Waals surface area contributed by atoms with Gasteiger partial charge in [-0.3, -0.25) is 9.69 Å². The van der Waals surface area contributed by atoms with Gasteiger partial charge in [0.05, 0.1) is 29.5 Å². The topological polar surface area (TPSA) is 69.1 Å². The van der Waals surface area contributed by atoms with Gasteiger partial charge in [0.15, 0.2) is 0 Å². The van der Waals surface area contributed by atoms with Crippen LogP contribution in [0.15, 0.2) is 49.1 Å². The first-order valence-electron chi connectivity index (χ1n) is 12.4. The molecule has 3 aromatic rings. The van der Waals surface area contributed by atoms with Crippen molar-refractivity contribution in [3.8, 4) is 5.75 Å². The van der Waals surface area contributed by atoms with E-state index in [4.69, 9.17) is 49.0 Å². The summed E-state index contributed by atoms with van der Waals surface area (Å²) < 4.78 is 20.8. The number of aryl methyl sites for hydroxylation is 1. The highest BCUT2D eigenvalue weighted by molar-refractivity contribution is 6.35. The Morgan fingerprint density at radius 3 is 2.63 bits per heavy atom. The molecule has 202 valence electrons. The molecule has 2 aliphatic rings. The maximum atomic E-state index is 11.0. The first-order chi connectivity index (χ1) is 18.3. The number of ether oxygens (including phenoxy) is 3. The van der Waals surface area contributed by atoms with Crippen LogP contribution in [0.2, 0.25) is 15.1 Å². The van der Waals surface area contributed by atoms with Gasteiger partial charge in [0.1, 0.15) is 18.5 Å². The van der Waals surface area contributed by atoms with E-state index in [1.165, 1.54) is 0 Å². The average molecular weight is 580 g/mol. The molecule has 0 spiro atoms. The Morgan fingerprint density at radius 1 is 1.13 bits per heavy atom. The van der Waals surface area contributed by atoms with Crippen LogP contribution < -0.4 is 4.74 Å². The normalized spacial score (nSPS) is 22.1. The Balaban J connectivity index is 1.26. The van der Waals surface area contributed by atoms with Gasteiger partial charge in [0.25, 0.3) is 0 Å². The fraction of sp³-hybridized carbons (Fsp3) is 0.407. The van der Waals surface area contributed by atoms with Gasteiger partial charge in [-0.1, -0.05) is 46.9 Å². The second-order valence-electron chi connectivity index (χ2n) is 9.62. The summed E-state index contributed by atoms with van der Waals surface area (Å²) >= 11 is 19.4. The van der Waals surface area contributed by atoms with Crippen LogP contribution in [-0.4, -0.2) is 71.3 Å². The molecule has 2 saturated heterocycles. The van der Waals surface area contributed by atoms with Gasteiger partial charge in [-0.25, -0.2) is 4.98 Å². The highest BCUT2D eigenvalue weighted by atomic mass is 35.5. The predicted octanol–water partition coefficient (Wildman–Crippen LogP) is 4.77. The van der Waals surface area contributed by atoms with E-state index >= 15 is 0 Å². The molecule has 2 aromatic carbocycles. The van der Waals surface area contributed by atoms with E-state index in [0.29, 0.717) is 39.5 Å². The van der Waals surface area contributed by atoms with E-state index in [1.54, 1.807) is 29.6 Å². The summed E-state index contributed by atoms with van der Waals surface area (Å²) in [6.45, 7) is 6.84. The van der Waals surface area contributed by atoms with Crippen molar-refractivity contribution < 1.29 is 19.0 Å². The number of rotatable bonds is 9. The largest absolute Gasteiger partial charge is 0.489 e. The molecule has 2 atom stereocenters. The lowest BCUT2D eigenvalue weighted by atomic mass is 10.1. The second kappa shape index (κ2) is 11.8. The Kier molecular flexibility index (Phi) is 8.47. The molecule has 38 heavy (non-hydrogen) atoms. The van der Waals surface area contributed by atoms with Crippen LogP contribution in [0.4, 0.5) is 0 Å². The SMILES string of the molecule is Cc1cc(CN2CCN(C=O)CC2)cc(Cl)c1OC[C@@H]1CO[C@@](Cn2ccnc2)(c2ccc(Cl)cc2Cl)O1. The van der Waals surface area contributed by atoms with Gasteiger partial charge in [0.2, 0.25) is 12.2 Å². The van der Waals surface area contributed by atoms with Crippen molar-refractivity contribution in [1.29, 1.82) is 0 Å². The third kappa shape index (κ3) is 6.11. The molecule has 11 heteroatoms. The number of aromatic nitrogens is 2. The van der Waals surface area contributed by atoms with Crippen LogP contribution >= 0.6 is 34.8 Å². The van der Waals surface area contributed by atoms with Crippen molar-refractivity contribution in [2.75, 3.05) is 39.4 Å². The molecule has 0 unspecified atom stereocenters. The van der Waals surface area contributed by atoms with Gasteiger partial charge in [-0.15, -0.1) is 0 Å². The minimum Gasteiger partial charge on any atom is -0.489 e. The first-order valence-corrected chi connectivity index (χ1v) is 13.5. The number of imidazole rings is 1. The van der Waals surface area contributed by atoms with Gasteiger partial charge in [-0.2, -0.15) is 0 Å². The lowest BCUT2D eigenvalue weighted by Gasteiger charge is -2.32. The first kappa shape index (κ1) is 27.2. The number of carbonyl (C=O) groups excluding carboxylic acids is 1. The van der Waals surface area contributed by atoms with Crippen LogP contribution in [0.5, 0.6) is 5.75 Å². The number of hydrogen-bond acceptors (Lipinski definition) is 6. The number of hydrogen-bond donors (Lipinski definition) is 0. The van der Waals surface area contributed by atoms with E-state index < -0.39 is 5.79 Å².